The number of carbonyl (C=O) groups is 3. The number of hydrogen-bond donors (Lipinski definition) is 6. The summed E-state index contributed by atoms with van der Waals surface area (Å²) in [7, 11) is 0. The lowest BCUT2D eigenvalue weighted by molar-refractivity contribution is -0.139. The molecular formula is C27H33ClN8O3. The van der Waals surface area contributed by atoms with Crippen LogP contribution in [-0.2, 0) is 20.8 Å². The molecule has 1 heterocycles. The number of nitrogens with two attached hydrogens (primary N) is 2. The Labute approximate surface area is 232 Å². The summed E-state index contributed by atoms with van der Waals surface area (Å²) in [5.74, 6) is -0.708. The number of halogens is 1. The molecule has 11 nitrogen and oxygen atoms in total. The Morgan fingerprint density at radius 3 is 2.46 bits per heavy atom. The molecule has 0 unspecified atom stereocenters. The van der Waals surface area contributed by atoms with Crippen molar-refractivity contribution in [3.63, 3.8) is 0 Å². The van der Waals surface area contributed by atoms with E-state index in [9.17, 15) is 14.4 Å². The van der Waals surface area contributed by atoms with Crippen LogP contribution in [0.25, 0.3) is 0 Å². The van der Waals surface area contributed by atoms with Crippen LogP contribution in [0.5, 0.6) is 0 Å². The second-order valence-electron chi connectivity index (χ2n) is 9.41. The second kappa shape index (κ2) is 13.5. The van der Waals surface area contributed by atoms with Crippen molar-refractivity contribution in [2.24, 2.45) is 16.9 Å². The van der Waals surface area contributed by atoms with Crippen LogP contribution in [0, 0.1) is 5.41 Å². The van der Waals surface area contributed by atoms with Gasteiger partial charge in [-0.25, -0.2) is 4.98 Å². The lowest BCUT2D eigenvalue weighted by Gasteiger charge is -2.19. The number of aromatic nitrogens is 2. The van der Waals surface area contributed by atoms with E-state index in [0.717, 1.165) is 5.56 Å². The van der Waals surface area contributed by atoms with Crippen LogP contribution < -0.4 is 32.7 Å². The summed E-state index contributed by atoms with van der Waals surface area (Å²) in [6.07, 6.45) is 2.44. The van der Waals surface area contributed by atoms with Crippen molar-refractivity contribution in [2.45, 2.75) is 32.7 Å². The molecule has 8 N–H and O–H groups in total. The van der Waals surface area contributed by atoms with Crippen LogP contribution in [-0.4, -0.2) is 46.8 Å². The minimum absolute atomic E-state index is 0.292. The molecule has 0 spiro atoms. The molecule has 0 saturated heterocycles. The van der Waals surface area contributed by atoms with Crippen molar-refractivity contribution in [2.75, 3.05) is 29.0 Å². The lowest BCUT2D eigenvalue weighted by Crippen LogP contribution is -2.46. The van der Waals surface area contributed by atoms with E-state index >= 15 is 0 Å². The molecule has 0 radical (unpaired) electrons. The number of carbonyl (C=O) groups excluding carboxylic acids is 3. The predicted octanol–water partition coefficient (Wildman–Crippen LogP) is 2.81. The van der Waals surface area contributed by atoms with Gasteiger partial charge in [0.1, 0.15) is 16.3 Å². The molecule has 0 saturated carbocycles. The fraction of sp³-hybridized carbons (Fsp3) is 0.296. The van der Waals surface area contributed by atoms with Crippen molar-refractivity contribution in [3.8, 4) is 0 Å². The van der Waals surface area contributed by atoms with Gasteiger partial charge in [0.15, 0.2) is 0 Å². The van der Waals surface area contributed by atoms with Gasteiger partial charge < -0.3 is 32.7 Å². The first-order valence-electron chi connectivity index (χ1n) is 12.4. The van der Waals surface area contributed by atoms with E-state index in [-0.39, 0.29) is 5.91 Å². The second-order valence-corrected chi connectivity index (χ2v) is 9.81. The molecule has 0 aliphatic rings. The number of nitrogens with zero attached hydrogens (tertiary/aromatic N) is 2. The minimum Gasteiger partial charge on any atom is -0.369 e. The van der Waals surface area contributed by atoms with E-state index < -0.39 is 23.3 Å². The van der Waals surface area contributed by atoms with E-state index in [1.807, 2.05) is 30.3 Å². The molecule has 0 bridgehead atoms. The zero-order chi connectivity index (χ0) is 28.4. The monoisotopic (exact) mass is 552 g/mol. The molecule has 0 aliphatic carbocycles. The molecule has 206 valence electrons. The van der Waals surface area contributed by atoms with Gasteiger partial charge in [0.05, 0.1) is 12.2 Å². The number of benzene rings is 2. The molecule has 0 fully saturated rings. The first-order chi connectivity index (χ1) is 18.6. The molecule has 12 heteroatoms. The highest BCUT2D eigenvalue weighted by atomic mass is 35.5. The van der Waals surface area contributed by atoms with Crippen LogP contribution in [0.1, 0.15) is 25.8 Å². The summed E-state index contributed by atoms with van der Waals surface area (Å²) in [6, 6.07) is 16.0. The minimum atomic E-state index is -1.28. The van der Waals surface area contributed by atoms with Crippen molar-refractivity contribution in [1.82, 2.24) is 15.3 Å². The average molecular weight is 553 g/mol. The van der Waals surface area contributed by atoms with Crippen molar-refractivity contribution in [3.05, 3.63) is 71.4 Å². The Balaban J connectivity index is 1.52. The van der Waals surface area contributed by atoms with Crippen molar-refractivity contribution in [1.29, 1.82) is 0 Å². The molecule has 3 rings (SSSR count). The zero-order valence-corrected chi connectivity index (χ0v) is 22.6. The number of anilines is 4. The first kappa shape index (κ1) is 29.3. The van der Waals surface area contributed by atoms with E-state index in [0.29, 0.717) is 54.1 Å². The third-order valence-electron chi connectivity index (χ3n) is 5.88. The zero-order valence-electron chi connectivity index (χ0n) is 21.8. The molecule has 1 aromatic heterocycles. The number of hydrogen-bond acceptors (Lipinski definition) is 8. The molecule has 1 atom stereocenters. The summed E-state index contributed by atoms with van der Waals surface area (Å²) in [4.78, 5) is 44.7. The topological polar surface area (TPSA) is 177 Å². The Kier molecular flexibility index (Phi) is 10.2. The highest BCUT2D eigenvalue weighted by Gasteiger charge is 2.33. The summed E-state index contributed by atoms with van der Waals surface area (Å²) in [5.41, 5.74) is 12.3. The normalized spacial score (nSPS) is 11.8. The van der Waals surface area contributed by atoms with Gasteiger partial charge in [-0.15, -0.1) is 0 Å². The van der Waals surface area contributed by atoms with Crippen LogP contribution in [0.3, 0.4) is 0 Å². The predicted molar refractivity (Wildman–Crippen MR) is 153 cm³/mol. The maximum Gasteiger partial charge on any atom is 0.241 e. The third-order valence-corrected chi connectivity index (χ3v) is 6.16. The Morgan fingerprint density at radius 1 is 1.03 bits per heavy atom. The molecule has 0 aliphatic heterocycles. The summed E-state index contributed by atoms with van der Waals surface area (Å²) in [5, 5.41) is 12.1. The average Bonchev–Trinajstić information content (AvgIpc) is 2.90. The summed E-state index contributed by atoms with van der Waals surface area (Å²) in [6.45, 7) is 3.74. The maximum absolute atomic E-state index is 12.6. The highest BCUT2D eigenvalue weighted by molar-refractivity contribution is 6.32. The highest BCUT2D eigenvalue weighted by Crippen LogP contribution is 2.23. The van der Waals surface area contributed by atoms with E-state index in [4.69, 9.17) is 23.1 Å². The number of rotatable bonds is 13. The number of amides is 3. The number of primary amides is 1. The Hall–Kier alpha value is -4.22. The van der Waals surface area contributed by atoms with Gasteiger partial charge in [0, 0.05) is 24.5 Å². The van der Waals surface area contributed by atoms with Gasteiger partial charge in [-0.3, -0.25) is 14.4 Å². The van der Waals surface area contributed by atoms with E-state index in [1.54, 1.807) is 24.3 Å². The summed E-state index contributed by atoms with van der Waals surface area (Å²) < 4.78 is 0. The summed E-state index contributed by atoms with van der Waals surface area (Å²) >= 11 is 6.23. The fourth-order valence-corrected chi connectivity index (χ4v) is 3.54. The Bertz CT molecular complexity index is 1300. The standard InChI is InChI=1S/C27H33ClN8O3/c1-27(2,24(30)38)25(39)32-13-7-12-31-22-20(28)16-33-26(36-22)35-19-11-6-10-18(15-19)34-23(37)21(29)14-17-8-4-3-5-9-17/h3-6,8-11,15-16,21H,7,12-14,29H2,1-2H3,(H2,30,38)(H,32,39)(H,34,37)(H2,31,33,35,36)/t21-/m0/s1. The fourth-order valence-electron chi connectivity index (χ4n) is 3.38. The SMILES string of the molecule is CC(C)(C(N)=O)C(=O)NCCCNc1nc(Nc2cccc(NC(=O)[C@@H](N)Cc3ccccc3)c2)ncc1Cl. The smallest absolute Gasteiger partial charge is 0.241 e. The largest absolute Gasteiger partial charge is 0.369 e. The molecule has 39 heavy (non-hydrogen) atoms. The van der Waals surface area contributed by atoms with Crippen molar-refractivity contribution >= 4 is 52.5 Å². The maximum atomic E-state index is 12.6. The van der Waals surface area contributed by atoms with Crippen LogP contribution in [0.2, 0.25) is 5.02 Å². The molecule has 2 aromatic carbocycles. The van der Waals surface area contributed by atoms with Gasteiger partial charge in [-0.05, 0) is 50.5 Å². The van der Waals surface area contributed by atoms with Crippen LogP contribution in [0.4, 0.5) is 23.1 Å². The quantitative estimate of drug-likeness (QED) is 0.138. The van der Waals surface area contributed by atoms with E-state index in [1.165, 1.54) is 20.0 Å². The van der Waals surface area contributed by atoms with Crippen LogP contribution in [0.15, 0.2) is 60.8 Å². The van der Waals surface area contributed by atoms with Crippen LogP contribution >= 0.6 is 11.6 Å². The first-order valence-corrected chi connectivity index (χ1v) is 12.8. The molecule has 3 aromatic rings. The Morgan fingerprint density at radius 2 is 1.74 bits per heavy atom. The van der Waals surface area contributed by atoms with Gasteiger partial charge in [0.2, 0.25) is 23.7 Å². The molecular weight excluding hydrogens is 520 g/mol. The number of nitrogens with one attached hydrogen (secondary N) is 4. The molecule has 3 amide bonds. The van der Waals surface area contributed by atoms with E-state index in [2.05, 4.69) is 31.2 Å². The van der Waals surface area contributed by atoms with Gasteiger partial charge in [0.25, 0.3) is 0 Å². The third kappa shape index (κ3) is 8.66. The lowest BCUT2D eigenvalue weighted by atomic mass is 9.91. The van der Waals surface area contributed by atoms with Gasteiger partial charge in [-0.2, -0.15) is 4.98 Å². The van der Waals surface area contributed by atoms with Gasteiger partial charge >= 0.3 is 0 Å². The van der Waals surface area contributed by atoms with Gasteiger partial charge in [-0.1, -0.05) is 48.0 Å². The van der Waals surface area contributed by atoms with Crippen molar-refractivity contribution < 1.29 is 14.4 Å².